The second kappa shape index (κ2) is 8.50. The Morgan fingerprint density at radius 3 is 2.29 bits per heavy atom. The number of alkyl halides is 6. The molecule has 0 fully saturated rings. The Bertz CT molecular complexity index is 1130. The van der Waals surface area contributed by atoms with E-state index < -0.39 is 41.2 Å². The Morgan fingerprint density at radius 2 is 1.74 bits per heavy atom. The molecule has 1 heterocycles. The highest BCUT2D eigenvalue weighted by Crippen LogP contribution is 2.35. The van der Waals surface area contributed by atoms with Crippen LogP contribution in [0.15, 0.2) is 45.8 Å². The summed E-state index contributed by atoms with van der Waals surface area (Å²) in [4.78, 5) is 15.6. The maximum atomic E-state index is 14.3. The average Bonchev–Trinajstić information content (AvgIpc) is 3.16. The number of thioether (sulfide) groups is 1. The van der Waals surface area contributed by atoms with Gasteiger partial charge in [0.2, 0.25) is 5.82 Å². The molecule has 4 nitrogen and oxygen atoms in total. The zero-order valence-corrected chi connectivity index (χ0v) is 16.4. The van der Waals surface area contributed by atoms with Crippen LogP contribution in [0.25, 0.3) is 11.4 Å². The molecule has 3 aromatic rings. The lowest BCUT2D eigenvalue weighted by Crippen LogP contribution is -2.07. The lowest BCUT2D eigenvalue weighted by molar-refractivity contribution is -0.159. The van der Waals surface area contributed by atoms with E-state index in [9.17, 15) is 35.5 Å². The molecule has 0 saturated carbocycles. The molecule has 164 valence electrons. The van der Waals surface area contributed by atoms with Crippen LogP contribution in [0.5, 0.6) is 0 Å². The monoisotopic (exact) mass is 484 g/mol. The van der Waals surface area contributed by atoms with Crippen molar-refractivity contribution in [2.75, 3.05) is 5.75 Å². The van der Waals surface area contributed by atoms with Crippen LogP contribution in [0.2, 0.25) is 5.02 Å². The number of aromatic nitrogens is 2. The largest absolute Gasteiger partial charge is 0.471 e. The van der Waals surface area contributed by atoms with Crippen LogP contribution in [0.1, 0.15) is 21.8 Å². The van der Waals surface area contributed by atoms with Crippen molar-refractivity contribution in [1.82, 2.24) is 10.1 Å². The number of halogens is 8. The summed E-state index contributed by atoms with van der Waals surface area (Å²) in [5.74, 6) is -4.22. The summed E-state index contributed by atoms with van der Waals surface area (Å²) in [7, 11) is 0. The van der Waals surface area contributed by atoms with Gasteiger partial charge in [0.25, 0.3) is 0 Å². The van der Waals surface area contributed by atoms with E-state index in [2.05, 4.69) is 14.7 Å². The van der Waals surface area contributed by atoms with Crippen molar-refractivity contribution in [3.8, 4) is 11.4 Å². The zero-order chi connectivity index (χ0) is 23.0. The van der Waals surface area contributed by atoms with Crippen molar-refractivity contribution >= 4 is 29.1 Å². The lowest BCUT2D eigenvalue weighted by atomic mass is 10.1. The number of rotatable bonds is 5. The first kappa shape index (κ1) is 23.1. The van der Waals surface area contributed by atoms with Crippen molar-refractivity contribution in [2.24, 2.45) is 0 Å². The van der Waals surface area contributed by atoms with Gasteiger partial charge in [-0.15, -0.1) is 11.8 Å². The molecular weight excluding hydrogens is 477 g/mol. The first-order valence-corrected chi connectivity index (χ1v) is 9.46. The van der Waals surface area contributed by atoms with Crippen molar-refractivity contribution in [3.05, 3.63) is 64.3 Å². The number of ketones is 1. The van der Waals surface area contributed by atoms with Crippen molar-refractivity contribution in [2.45, 2.75) is 17.2 Å². The third kappa shape index (κ3) is 5.37. The summed E-state index contributed by atoms with van der Waals surface area (Å²) in [6.45, 7) is 0. The highest BCUT2D eigenvalue weighted by Gasteiger charge is 2.38. The summed E-state index contributed by atoms with van der Waals surface area (Å²) in [6, 6.07) is 5.55. The Hall–Kier alpha value is -2.60. The van der Waals surface area contributed by atoms with Gasteiger partial charge in [-0.3, -0.25) is 4.79 Å². The van der Waals surface area contributed by atoms with E-state index >= 15 is 0 Å². The third-order valence-electron chi connectivity index (χ3n) is 3.81. The molecule has 13 heteroatoms. The average molecular weight is 485 g/mol. The van der Waals surface area contributed by atoms with E-state index in [-0.39, 0.29) is 26.8 Å². The van der Waals surface area contributed by atoms with Crippen LogP contribution in [0.3, 0.4) is 0 Å². The van der Waals surface area contributed by atoms with Gasteiger partial charge < -0.3 is 4.52 Å². The van der Waals surface area contributed by atoms with Gasteiger partial charge in [-0.1, -0.05) is 22.8 Å². The highest BCUT2D eigenvalue weighted by molar-refractivity contribution is 8.00. The minimum atomic E-state index is -4.86. The number of carbonyl (C=O) groups excluding carboxylic acids is 1. The maximum Gasteiger partial charge on any atom is 0.471 e. The second-order valence-electron chi connectivity index (χ2n) is 5.97. The second-order valence-corrected chi connectivity index (χ2v) is 7.39. The van der Waals surface area contributed by atoms with E-state index in [1.54, 1.807) is 0 Å². The van der Waals surface area contributed by atoms with Crippen LogP contribution < -0.4 is 0 Å². The Morgan fingerprint density at radius 1 is 1.03 bits per heavy atom. The molecule has 0 saturated heterocycles. The minimum Gasteiger partial charge on any atom is -0.329 e. The van der Waals surface area contributed by atoms with Crippen molar-refractivity contribution in [3.63, 3.8) is 0 Å². The fraction of sp³-hybridized carbons (Fsp3) is 0.167. The van der Waals surface area contributed by atoms with Gasteiger partial charge in [-0.25, -0.2) is 4.39 Å². The molecule has 0 unspecified atom stereocenters. The fourth-order valence-corrected chi connectivity index (χ4v) is 3.50. The molecule has 31 heavy (non-hydrogen) atoms. The topological polar surface area (TPSA) is 56.0 Å². The first-order valence-electron chi connectivity index (χ1n) is 8.10. The molecule has 1 aromatic heterocycles. The number of benzene rings is 2. The summed E-state index contributed by atoms with van der Waals surface area (Å²) >= 11 is 6.61. The van der Waals surface area contributed by atoms with Gasteiger partial charge in [0, 0.05) is 10.5 Å². The molecule has 0 spiro atoms. The van der Waals surface area contributed by atoms with Gasteiger partial charge in [-0.05, 0) is 30.3 Å². The highest BCUT2D eigenvalue weighted by atomic mass is 35.5. The predicted molar refractivity (Wildman–Crippen MR) is 96.2 cm³/mol. The molecule has 0 aliphatic rings. The summed E-state index contributed by atoms with van der Waals surface area (Å²) in [5.41, 5.74) is -1.48. The lowest BCUT2D eigenvalue weighted by Gasteiger charge is -2.10. The maximum absolute atomic E-state index is 14.3. The standard InChI is InChI=1S/C18H8ClF7N2O2S/c19-11-6-9(17(21,22)23)2-4-14(11)31-7-13(29)10-3-1-8(5-12(10)20)15-27-16(30-28-15)18(24,25)26/h1-6H,7H2. The molecule has 0 N–H and O–H groups in total. The minimum absolute atomic E-state index is 0.147. The predicted octanol–water partition coefficient (Wildman–Crippen LogP) is 6.54. The summed E-state index contributed by atoms with van der Waals surface area (Å²) in [5, 5.41) is 2.90. The van der Waals surface area contributed by atoms with Crippen molar-refractivity contribution in [1.29, 1.82) is 0 Å². The van der Waals surface area contributed by atoms with Crippen LogP contribution in [-0.4, -0.2) is 21.7 Å². The molecule has 0 aliphatic heterocycles. The van der Waals surface area contributed by atoms with Crippen LogP contribution >= 0.6 is 23.4 Å². The van der Waals surface area contributed by atoms with Crippen LogP contribution in [0, 0.1) is 5.82 Å². The first-order chi connectivity index (χ1) is 14.4. The normalized spacial score (nSPS) is 12.3. The van der Waals surface area contributed by atoms with E-state index in [0.717, 1.165) is 42.1 Å². The number of Topliss-reactive ketones (excluding diaryl/α,β-unsaturated/α-hetero) is 1. The van der Waals surface area contributed by atoms with E-state index in [1.165, 1.54) is 0 Å². The fourth-order valence-electron chi connectivity index (χ4n) is 2.35. The number of hydrogen-bond acceptors (Lipinski definition) is 5. The van der Waals surface area contributed by atoms with E-state index in [0.29, 0.717) is 6.07 Å². The van der Waals surface area contributed by atoms with E-state index in [1.807, 2.05) is 0 Å². The van der Waals surface area contributed by atoms with Gasteiger partial charge in [0.15, 0.2) is 5.78 Å². The molecule has 0 amide bonds. The molecule has 0 bridgehead atoms. The summed E-state index contributed by atoms with van der Waals surface area (Å²) < 4.78 is 93.9. The van der Waals surface area contributed by atoms with Crippen LogP contribution in [-0.2, 0) is 12.4 Å². The Kier molecular flexibility index (Phi) is 6.33. The number of carbonyl (C=O) groups is 1. The van der Waals surface area contributed by atoms with Crippen LogP contribution in [0.4, 0.5) is 30.7 Å². The Balaban J connectivity index is 1.72. The molecule has 0 atom stereocenters. The van der Waals surface area contributed by atoms with E-state index in [4.69, 9.17) is 11.6 Å². The zero-order valence-electron chi connectivity index (χ0n) is 14.8. The quantitative estimate of drug-likeness (QED) is 0.234. The van der Waals surface area contributed by atoms with Crippen molar-refractivity contribution < 1.29 is 40.1 Å². The smallest absolute Gasteiger partial charge is 0.329 e. The molecule has 0 radical (unpaired) electrons. The van der Waals surface area contributed by atoms with Gasteiger partial charge in [-0.2, -0.15) is 31.3 Å². The summed E-state index contributed by atoms with van der Waals surface area (Å²) in [6.07, 6.45) is -9.44. The molecule has 3 rings (SSSR count). The van der Waals surface area contributed by atoms with Gasteiger partial charge >= 0.3 is 18.2 Å². The molecule has 2 aromatic carbocycles. The molecular formula is C18H8ClF7N2O2S. The van der Waals surface area contributed by atoms with Gasteiger partial charge in [0.05, 0.1) is 21.9 Å². The SMILES string of the molecule is O=C(CSc1ccc(C(F)(F)F)cc1Cl)c1ccc(-c2noc(C(F)(F)F)n2)cc1F. The number of hydrogen-bond donors (Lipinski definition) is 0. The third-order valence-corrected chi connectivity index (χ3v) is 5.31. The number of nitrogens with zero attached hydrogens (tertiary/aromatic N) is 2. The Labute approximate surface area is 178 Å². The van der Waals surface area contributed by atoms with Gasteiger partial charge in [0.1, 0.15) is 5.82 Å². The molecule has 0 aliphatic carbocycles.